The fraction of sp³-hybridized carbons (Fsp3) is 0.429. The van der Waals surface area contributed by atoms with E-state index in [-0.39, 0.29) is 24.2 Å². The van der Waals surface area contributed by atoms with Crippen LogP contribution >= 0.6 is 0 Å². The van der Waals surface area contributed by atoms with Gasteiger partial charge >= 0.3 is 0 Å². The third kappa shape index (κ3) is 2.12. The second-order valence-corrected chi connectivity index (χ2v) is 5.07. The largest absolute Gasteiger partial charge is 0.461 e. The van der Waals surface area contributed by atoms with Gasteiger partial charge in [-0.25, -0.2) is 0 Å². The number of likely N-dealkylation sites (tertiary alicyclic amines) is 1. The highest BCUT2D eigenvalue weighted by Gasteiger charge is 2.35. The van der Waals surface area contributed by atoms with Crippen molar-refractivity contribution >= 4 is 5.91 Å². The lowest BCUT2D eigenvalue weighted by Gasteiger charge is -2.24. The summed E-state index contributed by atoms with van der Waals surface area (Å²) in [5.74, 6) is 1.03. The molecule has 1 fully saturated rings. The van der Waals surface area contributed by atoms with Gasteiger partial charge in [0.1, 0.15) is 0 Å². The normalized spacial score (nSPS) is 22.4. The Labute approximate surface area is 116 Å². The number of aliphatic hydroxyl groups is 1. The van der Waals surface area contributed by atoms with E-state index >= 15 is 0 Å². The molecule has 2 unspecified atom stereocenters. The van der Waals surface area contributed by atoms with Crippen molar-refractivity contribution in [1.82, 2.24) is 10.1 Å². The molecule has 3 heterocycles. The van der Waals surface area contributed by atoms with Crippen molar-refractivity contribution in [2.24, 2.45) is 5.92 Å². The molecular weight excluding hydrogens is 260 g/mol. The molecule has 6 heteroatoms. The molecule has 1 amide bonds. The van der Waals surface area contributed by atoms with Gasteiger partial charge in [-0.3, -0.25) is 4.79 Å². The Bertz CT molecular complexity index is 590. The van der Waals surface area contributed by atoms with E-state index in [1.807, 2.05) is 6.92 Å². The summed E-state index contributed by atoms with van der Waals surface area (Å²) in [5.41, 5.74) is 0.240. The van der Waals surface area contributed by atoms with E-state index in [0.717, 1.165) is 6.42 Å². The van der Waals surface area contributed by atoms with Crippen molar-refractivity contribution in [3.05, 3.63) is 30.2 Å². The van der Waals surface area contributed by atoms with Gasteiger partial charge < -0.3 is 18.9 Å². The van der Waals surface area contributed by atoms with Gasteiger partial charge in [-0.05, 0) is 24.5 Å². The molecule has 1 aliphatic rings. The van der Waals surface area contributed by atoms with Gasteiger partial charge in [0.15, 0.2) is 11.5 Å². The topological polar surface area (TPSA) is 79.7 Å². The van der Waals surface area contributed by atoms with Crippen LogP contribution in [0.1, 0.15) is 23.8 Å². The third-order valence-electron chi connectivity index (χ3n) is 3.82. The Kier molecular flexibility index (Phi) is 3.31. The van der Waals surface area contributed by atoms with Crippen LogP contribution in [0.15, 0.2) is 33.4 Å². The van der Waals surface area contributed by atoms with Crippen LogP contribution in [0.25, 0.3) is 11.5 Å². The van der Waals surface area contributed by atoms with Gasteiger partial charge in [0.05, 0.1) is 18.9 Å². The summed E-state index contributed by atoms with van der Waals surface area (Å²) in [6.07, 6.45) is 2.42. The quantitative estimate of drug-likeness (QED) is 0.924. The number of aromatic nitrogens is 1. The van der Waals surface area contributed by atoms with Gasteiger partial charge in [-0.2, -0.15) is 0 Å². The predicted molar refractivity (Wildman–Crippen MR) is 69.9 cm³/mol. The zero-order valence-corrected chi connectivity index (χ0v) is 11.2. The Hall–Kier alpha value is -2.08. The van der Waals surface area contributed by atoms with E-state index in [1.165, 1.54) is 6.26 Å². The number of furan rings is 1. The number of hydrogen-bond donors (Lipinski definition) is 1. The van der Waals surface area contributed by atoms with E-state index < -0.39 is 0 Å². The number of nitrogens with zero attached hydrogens (tertiary/aromatic N) is 2. The van der Waals surface area contributed by atoms with E-state index in [4.69, 9.17) is 8.94 Å². The molecular formula is C14H16N2O4. The lowest BCUT2D eigenvalue weighted by Crippen LogP contribution is -2.39. The Morgan fingerprint density at radius 2 is 2.40 bits per heavy atom. The lowest BCUT2D eigenvalue weighted by molar-refractivity contribution is 0.0638. The van der Waals surface area contributed by atoms with E-state index in [0.29, 0.717) is 24.0 Å². The SMILES string of the molecule is CC1CCN(C(=O)c2cc(-c3ccco3)on2)C1CO. The maximum atomic E-state index is 12.4. The molecule has 1 aliphatic heterocycles. The molecule has 6 nitrogen and oxygen atoms in total. The van der Waals surface area contributed by atoms with Gasteiger partial charge in [-0.15, -0.1) is 0 Å². The molecule has 2 aromatic heterocycles. The van der Waals surface area contributed by atoms with Crippen molar-refractivity contribution in [3.63, 3.8) is 0 Å². The first-order chi connectivity index (χ1) is 9.70. The van der Waals surface area contributed by atoms with Crippen LogP contribution < -0.4 is 0 Å². The monoisotopic (exact) mass is 276 g/mol. The minimum Gasteiger partial charge on any atom is -0.461 e. The average Bonchev–Trinajstić information content (AvgIpc) is 3.17. The minimum atomic E-state index is -0.213. The number of hydrogen-bond acceptors (Lipinski definition) is 5. The van der Waals surface area contributed by atoms with Crippen LogP contribution in [-0.2, 0) is 0 Å². The van der Waals surface area contributed by atoms with Crippen molar-refractivity contribution in [1.29, 1.82) is 0 Å². The first-order valence-corrected chi connectivity index (χ1v) is 6.63. The lowest BCUT2D eigenvalue weighted by atomic mass is 10.0. The van der Waals surface area contributed by atoms with E-state index in [1.54, 1.807) is 23.1 Å². The third-order valence-corrected chi connectivity index (χ3v) is 3.82. The summed E-state index contributed by atoms with van der Waals surface area (Å²) in [6, 6.07) is 4.90. The Morgan fingerprint density at radius 3 is 3.10 bits per heavy atom. The minimum absolute atomic E-state index is 0.0319. The van der Waals surface area contributed by atoms with Crippen LogP contribution in [0.4, 0.5) is 0 Å². The number of amides is 1. The molecule has 3 rings (SSSR count). The Balaban J connectivity index is 1.81. The maximum Gasteiger partial charge on any atom is 0.276 e. The van der Waals surface area contributed by atoms with Gasteiger partial charge in [0.2, 0.25) is 5.76 Å². The smallest absolute Gasteiger partial charge is 0.276 e. The van der Waals surface area contributed by atoms with Gasteiger partial charge in [0, 0.05) is 12.6 Å². The number of carbonyl (C=O) groups excluding carboxylic acids is 1. The van der Waals surface area contributed by atoms with Crippen LogP contribution in [-0.4, -0.2) is 40.3 Å². The number of rotatable bonds is 3. The van der Waals surface area contributed by atoms with Crippen molar-refractivity contribution in [2.75, 3.05) is 13.2 Å². The summed E-state index contributed by atoms with van der Waals surface area (Å²) >= 11 is 0. The van der Waals surface area contributed by atoms with Crippen molar-refractivity contribution < 1.29 is 18.8 Å². The molecule has 1 saturated heterocycles. The molecule has 0 saturated carbocycles. The van der Waals surface area contributed by atoms with E-state index in [9.17, 15) is 9.90 Å². The summed E-state index contributed by atoms with van der Waals surface area (Å²) in [4.78, 5) is 14.1. The van der Waals surface area contributed by atoms with Crippen LogP contribution in [0.5, 0.6) is 0 Å². The average molecular weight is 276 g/mol. The molecule has 0 aromatic carbocycles. The summed E-state index contributed by atoms with van der Waals surface area (Å²) in [6.45, 7) is 2.63. The summed E-state index contributed by atoms with van der Waals surface area (Å²) in [7, 11) is 0. The highest BCUT2D eigenvalue weighted by atomic mass is 16.5. The van der Waals surface area contributed by atoms with Gasteiger partial charge in [-0.1, -0.05) is 12.1 Å². The molecule has 20 heavy (non-hydrogen) atoms. The van der Waals surface area contributed by atoms with Gasteiger partial charge in [0.25, 0.3) is 5.91 Å². The summed E-state index contributed by atoms with van der Waals surface area (Å²) < 4.78 is 10.3. The van der Waals surface area contributed by atoms with Crippen molar-refractivity contribution in [2.45, 2.75) is 19.4 Å². The summed E-state index contributed by atoms with van der Waals surface area (Å²) in [5, 5.41) is 13.2. The first kappa shape index (κ1) is 12.9. The second-order valence-electron chi connectivity index (χ2n) is 5.07. The number of aliphatic hydroxyl groups excluding tert-OH is 1. The molecule has 106 valence electrons. The van der Waals surface area contributed by atoms with Crippen LogP contribution in [0.2, 0.25) is 0 Å². The highest BCUT2D eigenvalue weighted by molar-refractivity contribution is 5.93. The number of carbonyl (C=O) groups is 1. The molecule has 0 aliphatic carbocycles. The fourth-order valence-electron chi connectivity index (χ4n) is 2.60. The molecule has 2 atom stereocenters. The predicted octanol–water partition coefficient (Wildman–Crippen LogP) is 1.78. The van der Waals surface area contributed by atoms with Crippen LogP contribution in [0.3, 0.4) is 0 Å². The first-order valence-electron chi connectivity index (χ1n) is 6.63. The fourth-order valence-corrected chi connectivity index (χ4v) is 2.60. The molecule has 0 spiro atoms. The molecule has 0 bridgehead atoms. The molecule has 2 aromatic rings. The van der Waals surface area contributed by atoms with E-state index in [2.05, 4.69) is 5.16 Å². The zero-order chi connectivity index (χ0) is 14.1. The van der Waals surface area contributed by atoms with Crippen LogP contribution in [0, 0.1) is 5.92 Å². The Morgan fingerprint density at radius 1 is 1.55 bits per heavy atom. The molecule has 0 radical (unpaired) electrons. The van der Waals surface area contributed by atoms with Crippen molar-refractivity contribution in [3.8, 4) is 11.5 Å². The second kappa shape index (κ2) is 5.13. The highest BCUT2D eigenvalue weighted by Crippen LogP contribution is 2.27. The molecule has 1 N–H and O–H groups in total. The maximum absolute atomic E-state index is 12.4. The standard InChI is InChI=1S/C14H16N2O4/c1-9-4-5-16(11(9)8-17)14(18)10-7-13(20-15-10)12-3-2-6-19-12/h2-3,6-7,9,11,17H,4-5,8H2,1H3. The zero-order valence-electron chi connectivity index (χ0n) is 11.2.